The first-order valence-corrected chi connectivity index (χ1v) is 18.2. The number of rotatable bonds is 13. The summed E-state index contributed by atoms with van der Waals surface area (Å²) in [6, 6.07) is 34.6. The number of nitrogen functional groups attached to an aromatic ring is 1. The van der Waals surface area contributed by atoms with Gasteiger partial charge in [-0.3, -0.25) is 9.35 Å². The van der Waals surface area contributed by atoms with Crippen LogP contribution < -0.4 is 15.8 Å². The van der Waals surface area contributed by atoms with Crippen LogP contribution in [0.1, 0.15) is 22.3 Å². The van der Waals surface area contributed by atoms with Gasteiger partial charge in [0.2, 0.25) is 0 Å². The number of nitrogens with two attached hydrogens (primary N) is 1. The van der Waals surface area contributed by atoms with Gasteiger partial charge in [0.25, 0.3) is 16.0 Å². The normalized spacial score (nSPS) is 11.9. The third-order valence-electron chi connectivity index (χ3n) is 7.91. The largest absolute Gasteiger partial charge is 0.505 e. The molecule has 0 aliphatic carbocycles. The Morgan fingerprint density at radius 2 is 1.35 bits per heavy atom. The molecule has 0 radical (unpaired) electrons. The average Bonchev–Trinajstić information content (AvgIpc) is 3.16. The number of aryl methyl sites for hydroxylation is 1. The summed E-state index contributed by atoms with van der Waals surface area (Å²) in [6.07, 6.45) is 0.0159. The maximum Gasteiger partial charge on any atom is 0.264 e. The predicted molar refractivity (Wildman–Crippen MR) is 208 cm³/mol. The molecule has 0 aliphatic rings. The van der Waals surface area contributed by atoms with Gasteiger partial charge in [0, 0.05) is 28.4 Å². The molecule has 0 heterocycles. The number of phenolic OH excluding ortho intramolecular Hbond substituents is 1. The van der Waals surface area contributed by atoms with Crippen molar-refractivity contribution in [1.82, 2.24) is 0 Å². The number of nitrogens with zero attached hydrogens (tertiary/aromatic N) is 6. The van der Waals surface area contributed by atoms with Crippen LogP contribution in [-0.4, -0.2) is 36.3 Å². The van der Waals surface area contributed by atoms with E-state index in [0.29, 0.717) is 50.3 Å². The first-order valence-electron chi connectivity index (χ1n) is 16.6. The van der Waals surface area contributed by atoms with Gasteiger partial charge in [0.15, 0.2) is 5.75 Å². The van der Waals surface area contributed by atoms with Crippen molar-refractivity contribution in [2.24, 2.45) is 30.7 Å². The van der Waals surface area contributed by atoms with Crippen LogP contribution in [0.15, 0.2) is 152 Å². The molecule has 0 saturated heterocycles. The SMILES string of the molecule is Cc1cc(N=Nc2ccc3cc(NC(=O)c4ccc(N)cc4)ccc3c2O)c(OCCCS(=O)(=O)O)cc1N=Nc1ccc(N=Nc2ccccc2)cc1. The van der Waals surface area contributed by atoms with Gasteiger partial charge in [0.1, 0.15) is 17.1 Å². The summed E-state index contributed by atoms with van der Waals surface area (Å²) in [4.78, 5) is 12.7. The Morgan fingerprint density at radius 1 is 0.722 bits per heavy atom. The zero-order valence-electron chi connectivity index (χ0n) is 28.9. The first-order chi connectivity index (χ1) is 26.0. The topological polar surface area (TPSA) is 213 Å². The highest BCUT2D eigenvalue weighted by Crippen LogP contribution is 2.40. The van der Waals surface area contributed by atoms with Crippen molar-refractivity contribution < 1.29 is 27.6 Å². The number of hydrogen-bond donors (Lipinski definition) is 4. The van der Waals surface area contributed by atoms with E-state index in [0.717, 1.165) is 5.69 Å². The third-order valence-corrected chi connectivity index (χ3v) is 8.71. The minimum absolute atomic E-state index is 0.0159. The molecule has 54 heavy (non-hydrogen) atoms. The van der Waals surface area contributed by atoms with Gasteiger partial charge in [0.05, 0.1) is 35.1 Å². The molecular formula is C39H34N8O6S. The molecular weight excluding hydrogens is 709 g/mol. The number of anilines is 2. The second-order valence-electron chi connectivity index (χ2n) is 12.0. The van der Waals surface area contributed by atoms with Crippen LogP contribution in [0.25, 0.3) is 10.8 Å². The monoisotopic (exact) mass is 742 g/mol. The van der Waals surface area contributed by atoms with Gasteiger partial charge >= 0.3 is 0 Å². The molecule has 272 valence electrons. The number of hydrogen-bond acceptors (Lipinski definition) is 12. The predicted octanol–water partition coefficient (Wildman–Crippen LogP) is 10.6. The number of benzene rings is 6. The molecule has 0 saturated carbocycles. The van der Waals surface area contributed by atoms with Crippen LogP contribution in [0.2, 0.25) is 0 Å². The van der Waals surface area contributed by atoms with Gasteiger partial charge in [-0.15, -0.1) is 10.2 Å². The maximum atomic E-state index is 12.7. The molecule has 1 amide bonds. The van der Waals surface area contributed by atoms with E-state index in [-0.39, 0.29) is 41.8 Å². The molecule has 5 N–H and O–H groups in total. The van der Waals surface area contributed by atoms with Crippen molar-refractivity contribution in [1.29, 1.82) is 0 Å². The van der Waals surface area contributed by atoms with Gasteiger partial charge in [-0.05, 0) is 115 Å². The van der Waals surface area contributed by atoms with E-state index in [4.69, 9.17) is 15.0 Å². The average molecular weight is 743 g/mol. The first kappa shape index (κ1) is 36.9. The highest BCUT2D eigenvalue weighted by atomic mass is 32.2. The molecule has 0 aromatic heterocycles. The summed E-state index contributed by atoms with van der Waals surface area (Å²) < 4.78 is 37.5. The Kier molecular flexibility index (Phi) is 11.4. The van der Waals surface area contributed by atoms with Crippen LogP contribution >= 0.6 is 0 Å². The molecule has 6 aromatic carbocycles. The van der Waals surface area contributed by atoms with Crippen molar-refractivity contribution in [3.05, 3.63) is 132 Å². The Hall–Kier alpha value is -6.84. The summed E-state index contributed by atoms with van der Waals surface area (Å²) in [6.45, 7) is 1.75. The summed E-state index contributed by atoms with van der Waals surface area (Å²) in [5.41, 5.74) is 10.8. The standard InChI is InChI=1S/C39H34N8O6S/c1-25-22-36(47-45-34-19-10-27-23-32(17-18-33(27)38(34)48)41-39(49)26-8-11-28(40)12-9-26)37(53-20-5-21-54(50,51)52)24-35(25)46-44-31-15-13-30(14-16-31)43-42-29-6-3-2-4-7-29/h2-4,6-19,22-24,48H,5,20-21,40H2,1H3,(H,41,49)(H,50,51,52). The molecule has 0 atom stereocenters. The van der Waals surface area contributed by atoms with E-state index < -0.39 is 15.9 Å². The molecule has 0 bridgehead atoms. The fraction of sp³-hybridized carbons (Fsp3) is 0.103. The number of aromatic hydroxyl groups is 1. The lowest BCUT2D eigenvalue weighted by atomic mass is 10.1. The maximum absolute atomic E-state index is 12.7. The van der Waals surface area contributed by atoms with Crippen LogP contribution in [-0.2, 0) is 10.1 Å². The zero-order valence-corrected chi connectivity index (χ0v) is 29.7. The number of azo groups is 3. The van der Waals surface area contributed by atoms with Crippen LogP contribution in [0.4, 0.5) is 45.5 Å². The van der Waals surface area contributed by atoms with Crippen molar-refractivity contribution in [3.63, 3.8) is 0 Å². The van der Waals surface area contributed by atoms with E-state index in [1.165, 1.54) is 0 Å². The van der Waals surface area contributed by atoms with Gasteiger partial charge in [-0.2, -0.15) is 28.9 Å². The second-order valence-corrected chi connectivity index (χ2v) is 13.6. The summed E-state index contributed by atoms with van der Waals surface area (Å²) in [5.74, 6) is -0.689. The molecule has 0 aliphatic heterocycles. The van der Waals surface area contributed by atoms with E-state index >= 15 is 0 Å². The number of phenols is 1. The minimum Gasteiger partial charge on any atom is -0.505 e. The van der Waals surface area contributed by atoms with Crippen LogP contribution in [0.5, 0.6) is 11.5 Å². The summed E-state index contributed by atoms with van der Waals surface area (Å²) in [7, 11) is -4.18. The van der Waals surface area contributed by atoms with Crippen LogP contribution in [0.3, 0.4) is 0 Å². The number of nitrogens with one attached hydrogen (secondary N) is 1. The van der Waals surface area contributed by atoms with E-state index in [1.54, 1.807) is 97.9 Å². The number of carbonyl (C=O) groups excluding carboxylic acids is 1. The van der Waals surface area contributed by atoms with Crippen molar-refractivity contribution >= 4 is 72.3 Å². The van der Waals surface area contributed by atoms with Crippen molar-refractivity contribution in [2.75, 3.05) is 23.4 Å². The number of amides is 1. The lowest BCUT2D eigenvalue weighted by Crippen LogP contribution is -2.11. The number of carbonyl (C=O) groups is 1. The van der Waals surface area contributed by atoms with E-state index in [2.05, 4.69) is 36.0 Å². The molecule has 15 heteroatoms. The Morgan fingerprint density at radius 3 is 2.04 bits per heavy atom. The highest BCUT2D eigenvalue weighted by Gasteiger charge is 2.13. The molecule has 14 nitrogen and oxygen atoms in total. The lowest BCUT2D eigenvalue weighted by molar-refractivity contribution is 0.102. The Bertz CT molecular complexity index is 2490. The summed E-state index contributed by atoms with van der Waals surface area (Å²) >= 11 is 0. The highest BCUT2D eigenvalue weighted by molar-refractivity contribution is 7.85. The smallest absolute Gasteiger partial charge is 0.264 e. The lowest BCUT2D eigenvalue weighted by Gasteiger charge is -2.11. The fourth-order valence-corrected chi connectivity index (χ4v) is 5.58. The van der Waals surface area contributed by atoms with Crippen LogP contribution in [0, 0.1) is 6.92 Å². The zero-order chi connectivity index (χ0) is 38.1. The van der Waals surface area contributed by atoms with Gasteiger partial charge in [-0.25, -0.2) is 0 Å². The van der Waals surface area contributed by atoms with Gasteiger partial charge < -0.3 is 20.9 Å². The van der Waals surface area contributed by atoms with Crippen molar-refractivity contribution in [3.8, 4) is 11.5 Å². The Balaban J connectivity index is 1.21. The number of fused-ring (bicyclic) bond motifs is 1. The van der Waals surface area contributed by atoms with Crippen molar-refractivity contribution in [2.45, 2.75) is 13.3 Å². The molecule has 6 aromatic rings. The fourth-order valence-electron chi connectivity index (χ4n) is 5.10. The third kappa shape index (κ3) is 9.93. The Labute approximate surface area is 310 Å². The molecule has 0 fully saturated rings. The quantitative estimate of drug-likeness (QED) is 0.0388. The molecule has 6 rings (SSSR count). The minimum atomic E-state index is -4.18. The number of ether oxygens (including phenoxy) is 1. The molecule has 0 unspecified atom stereocenters. The van der Waals surface area contributed by atoms with Gasteiger partial charge in [-0.1, -0.05) is 24.3 Å². The second kappa shape index (κ2) is 16.7. The molecule has 0 spiro atoms. The summed E-state index contributed by atoms with van der Waals surface area (Å²) in [5, 5.41) is 40.9. The van der Waals surface area contributed by atoms with E-state index in [9.17, 15) is 18.3 Å². The van der Waals surface area contributed by atoms with E-state index in [1.807, 2.05) is 30.3 Å².